The number of alkyl halides is 1. The summed E-state index contributed by atoms with van der Waals surface area (Å²) in [7, 11) is 0. The molecule has 0 aliphatic carbocycles. The molecule has 0 saturated carbocycles. The molecular weight excluding hydrogens is 291 g/mol. The Labute approximate surface area is 116 Å². The lowest BCUT2D eigenvalue weighted by Gasteiger charge is -2.17. The van der Waals surface area contributed by atoms with Gasteiger partial charge in [-0.05, 0) is 54.7 Å². The van der Waals surface area contributed by atoms with Gasteiger partial charge >= 0.3 is 0 Å². The Balaban J connectivity index is 2.48. The smallest absolute Gasteiger partial charge is 0.126 e. The minimum atomic E-state index is -0.153. The molecule has 94 valence electrons. The molecule has 0 N–H and O–H groups in total. The van der Waals surface area contributed by atoms with Crippen LogP contribution in [0.4, 0.5) is 4.39 Å². The van der Waals surface area contributed by atoms with Crippen molar-refractivity contribution in [2.24, 2.45) is 0 Å². The van der Waals surface area contributed by atoms with Crippen molar-refractivity contribution < 1.29 is 4.39 Å². The number of benzene rings is 2. The quantitative estimate of drug-likeness (QED) is 0.666. The number of rotatable bonds is 2. The third kappa shape index (κ3) is 2.49. The summed E-state index contributed by atoms with van der Waals surface area (Å²) >= 11 is 3.73. The molecule has 1 unspecified atom stereocenters. The van der Waals surface area contributed by atoms with Crippen LogP contribution in [-0.4, -0.2) is 0 Å². The average Bonchev–Trinajstić information content (AvgIpc) is 2.32. The predicted octanol–water partition coefficient (Wildman–Crippen LogP) is 5.24. The molecule has 2 aromatic carbocycles. The van der Waals surface area contributed by atoms with Gasteiger partial charge in [0.05, 0.1) is 4.83 Å². The molecule has 0 aliphatic heterocycles. The third-order valence-electron chi connectivity index (χ3n) is 3.27. The fourth-order valence-electron chi connectivity index (χ4n) is 2.22. The van der Waals surface area contributed by atoms with Crippen molar-refractivity contribution in [1.82, 2.24) is 0 Å². The van der Waals surface area contributed by atoms with Crippen LogP contribution in [0.1, 0.15) is 32.6 Å². The molecule has 0 nitrogen and oxygen atoms in total. The molecule has 0 heterocycles. The maximum atomic E-state index is 13.3. The largest absolute Gasteiger partial charge is 0.207 e. The number of aryl methyl sites for hydroxylation is 3. The molecular formula is C16H16BrF. The fraction of sp³-hybridized carbons (Fsp3) is 0.250. The summed E-state index contributed by atoms with van der Waals surface area (Å²) in [5.41, 5.74) is 5.54. The minimum absolute atomic E-state index is 0.109. The topological polar surface area (TPSA) is 0 Å². The van der Waals surface area contributed by atoms with E-state index in [2.05, 4.69) is 48.0 Å². The normalized spacial score (nSPS) is 12.5. The van der Waals surface area contributed by atoms with Crippen LogP contribution in [0.5, 0.6) is 0 Å². The Morgan fingerprint density at radius 1 is 0.944 bits per heavy atom. The first-order valence-corrected chi connectivity index (χ1v) is 6.88. The first-order chi connectivity index (χ1) is 8.50. The molecule has 0 saturated heterocycles. The lowest BCUT2D eigenvalue weighted by molar-refractivity contribution is 0.617. The second-order valence-corrected chi connectivity index (χ2v) is 5.59. The summed E-state index contributed by atoms with van der Waals surface area (Å²) in [6.07, 6.45) is 0. The van der Waals surface area contributed by atoms with E-state index in [0.29, 0.717) is 5.56 Å². The van der Waals surface area contributed by atoms with Gasteiger partial charge in [0.1, 0.15) is 5.82 Å². The Morgan fingerprint density at radius 2 is 1.56 bits per heavy atom. The fourth-order valence-corrected chi connectivity index (χ4v) is 3.23. The van der Waals surface area contributed by atoms with Gasteiger partial charge < -0.3 is 0 Å². The monoisotopic (exact) mass is 306 g/mol. The second kappa shape index (κ2) is 5.23. The predicted molar refractivity (Wildman–Crippen MR) is 77.8 cm³/mol. The van der Waals surface area contributed by atoms with E-state index in [1.54, 1.807) is 6.92 Å². The highest BCUT2D eigenvalue weighted by Crippen LogP contribution is 2.35. The van der Waals surface area contributed by atoms with Crippen LogP contribution in [0.15, 0.2) is 36.4 Å². The molecule has 0 amide bonds. The van der Waals surface area contributed by atoms with E-state index >= 15 is 0 Å². The molecule has 1 atom stereocenters. The summed E-state index contributed by atoms with van der Waals surface area (Å²) in [5, 5.41) is 0. The molecule has 0 fully saturated rings. The lowest BCUT2D eigenvalue weighted by Crippen LogP contribution is -2.00. The molecule has 0 aliphatic rings. The minimum Gasteiger partial charge on any atom is -0.207 e. The molecule has 2 aromatic rings. The molecule has 0 radical (unpaired) electrons. The molecule has 18 heavy (non-hydrogen) atoms. The maximum Gasteiger partial charge on any atom is 0.126 e. The first-order valence-electron chi connectivity index (χ1n) is 5.97. The Kier molecular flexibility index (Phi) is 3.86. The highest BCUT2D eigenvalue weighted by Gasteiger charge is 2.15. The van der Waals surface area contributed by atoms with Gasteiger partial charge in [0, 0.05) is 0 Å². The SMILES string of the molecule is Cc1cc(C(Br)c2c(C)cccc2C)ccc1F. The van der Waals surface area contributed by atoms with Crippen molar-refractivity contribution in [2.75, 3.05) is 0 Å². The zero-order chi connectivity index (χ0) is 13.3. The highest BCUT2D eigenvalue weighted by molar-refractivity contribution is 9.09. The lowest BCUT2D eigenvalue weighted by atomic mass is 9.95. The van der Waals surface area contributed by atoms with Crippen molar-refractivity contribution in [2.45, 2.75) is 25.6 Å². The van der Waals surface area contributed by atoms with Gasteiger partial charge in [-0.2, -0.15) is 0 Å². The maximum absolute atomic E-state index is 13.3. The van der Waals surface area contributed by atoms with Gasteiger partial charge in [0.25, 0.3) is 0 Å². The van der Waals surface area contributed by atoms with Gasteiger partial charge in [-0.25, -0.2) is 4.39 Å². The van der Waals surface area contributed by atoms with Gasteiger partial charge in [0.15, 0.2) is 0 Å². The van der Waals surface area contributed by atoms with Gasteiger partial charge in [-0.3, -0.25) is 0 Å². The third-order valence-corrected chi connectivity index (χ3v) is 4.26. The van der Waals surface area contributed by atoms with Crippen LogP contribution in [0.3, 0.4) is 0 Å². The Bertz CT molecular complexity index is 555. The van der Waals surface area contributed by atoms with Crippen LogP contribution in [0, 0.1) is 26.6 Å². The first kappa shape index (κ1) is 13.3. The summed E-state index contributed by atoms with van der Waals surface area (Å²) in [5.74, 6) is -0.153. The summed E-state index contributed by atoms with van der Waals surface area (Å²) in [6, 6.07) is 11.5. The summed E-state index contributed by atoms with van der Waals surface area (Å²) in [4.78, 5) is 0.109. The van der Waals surface area contributed by atoms with E-state index < -0.39 is 0 Å². The van der Waals surface area contributed by atoms with Crippen molar-refractivity contribution >= 4 is 15.9 Å². The van der Waals surface area contributed by atoms with Crippen LogP contribution >= 0.6 is 15.9 Å². The average molecular weight is 307 g/mol. The van der Waals surface area contributed by atoms with Crippen molar-refractivity contribution in [3.8, 4) is 0 Å². The van der Waals surface area contributed by atoms with Crippen molar-refractivity contribution in [3.05, 3.63) is 70.0 Å². The summed E-state index contributed by atoms with van der Waals surface area (Å²) < 4.78 is 13.3. The van der Waals surface area contributed by atoms with Crippen LogP contribution < -0.4 is 0 Å². The standard InChI is InChI=1S/C16H16BrF/c1-10-5-4-6-11(2)15(10)16(17)13-7-8-14(18)12(3)9-13/h4-9,16H,1-3H3. The molecule has 0 aromatic heterocycles. The Morgan fingerprint density at radius 3 is 2.11 bits per heavy atom. The van der Waals surface area contributed by atoms with E-state index in [0.717, 1.165) is 5.56 Å². The number of hydrogen-bond donors (Lipinski definition) is 0. The van der Waals surface area contributed by atoms with E-state index in [4.69, 9.17) is 0 Å². The second-order valence-electron chi connectivity index (χ2n) is 4.68. The summed E-state index contributed by atoms with van der Waals surface area (Å²) in [6.45, 7) is 6.00. The molecule has 2 rings (SSSR count). The van der Waals surface area contributed by atoms with Gasteiger partial charge in [-0.1, -0.05) is 46.3 Å². The van der Waals surface area contributed by atoms with Crippen molar-refractivity contribution in [1.29, 1.82) is 0 Å². The molecule has 2 heteroatoms. The van der Waals surface area contributed by atoms with E-state index in [9.17, 15) is 4.39 Å². The van der Waals surface area contributed by atoms with Crippen LogP contribution in [0.2, 0.25) is 0 Å². The van der Waals surface area contributed by atoms with E-state index in [-0.39, 0.29) is 10.6 Å². The zero-order valence-electron chi connectivity index (χ0n) is 10.8. The van der Waals surface area contributed by atoms with Crippen LogP contribution in [-0.2, 0) is 0 Å². The van der Waals surface area contributed by atoms with Crippen molar-refractivity contribution in [3.63, 3.8) is 0 Å². The highest BCUT2D eigenvalue weighted by atomic mass is 79.9. The number of halogens is 2. The van der Waals surface area contributed by atoms with Gasteiger partial charge in [0.2, 0.25) is 0 Å². The van der Waals surface area contributed by atoms with E-state index in [1.807, 2.05) is 12.1 Å². The zero-order valence-corrected chi connectivity index (χ0v) is 12.4. The Hall–Kier alpha value is -1.15. The van der Waals surface area contributed by atoms with Gasteiger partial charge in [-0.15, -0.1) is 0 Å². The molecule has 0 spiro atoms. The number of hydrogen-bond acceptors (Lipinski definition) is 0. The van der Waals surface area contributed by atoms with E-state index in [1.165, 1.54) is 22.8 Å². The molecule has 0 bridgehead atoms. The van der Waals surface area contributed by atoms with Crippen LogP contribution in [0.25, 0.3) is 0 Å².